The Morgan fingerprint density at radius 2 is 1.90 bits per heavy atom. The van der Waals surface area contributed by atoms with Gasteiger partial charge in [-0.05, 0) is 98.2 Å². The molecule has 0 spiro atoms. The largest absolute Gasteiger partial charge is 0.481 e. The van der Waals surface area contributed by atoms with E-state index in [1.165, 1.54) is 38.4 Å². The molecule has 4 fully saturated rings. The summed E-state index contributed by atoms with van der Waals surface area (Å²) in [5, 5.41) is 10.3. The number of hydrogen-bond donors (Lipinski definition) is 1. The van der Waals surface area contributed by atoms with Crippen LogP contribution in [0.1, 0.15) is 85.0 Å². The van der Waals surface area contributed by atoms with E-state index in [2.05, 4.69) is 46.6 Å². The lowest BCUT2D eigenvalue weighted by atomic mass is 9.47. The van der Waals surface area contributed by atoms with Crippen LogP contribution in [0.25, 0.3) is 0 Å². The van der Waals surface area contributed by atoms with Gasteiger partial charge in [-0.1, -0.05) is 32.4 Å². The molecule has 1 saturated heterocycles. The van der Waals surface area contributed by atoms with Crippen molar-refractivity contribution >= 4 is 11.7 Å². The average molecular weight is 551 g/mol. The van der Waals surface area contributed by atoms with Crippen molar-refractivity contribution in [1.29, 1.82) is 0 Å². The number of rotatable bonds is 6. The van der Waals surface area contributed by atoms with E-state index in [9.17, 15) is 9.90 Å². The first-order valence-electron chi connectivity index (χ1n) is 16.0. The van der Waals surface area contributed by atoms with Crippen molar-refractivity contribution in [2.75, 3.05) is 38.2 Å². The van der Waals surface area contributed by atoms with Crippen LogP contribution < -0.4 is 9.64 Å². The highest BCUT2D eigenvalue weighted by atomic mass is 16.5. The molecule has 3 saturated carbocycles. The number of allylic oxidation sites excluding steroid dienone is 1. The van der Waals surface area contributed by atoms with Gasteiger partial charge < -0.3 is 19.6 Å². The van der Waals surface area contributed by atoms with E-state index < -0.39 is 0 Å². The number of amides is 1. The Morgan fingerprint density at radius 1 is 1.10 bits per heavy atom. The van der Waals surface area contributed by atoms with Crippen LogP contribution in [-0.2, 0) is 4.79 Å². The summed E-state index contributed by atoms with van der Waals surface area (Å²) >= 11 is 0. The minimum Gasteiger partial charge on any atom is -0.481 e. The average Bonchev–Trinajstić information content (AvgIpc) is 3.33. The molecule has 5 aliphatic rings. The third-order valence-electron chi connectivity index (χ3n) is 12.4. The summed E-state index contributed by atoms with van der Waals surface area (Å²) in [5.41, 5.74) is 2.28. The molecule has 1 amide bonds. The second-order valence-electron chi connectivity index (χ2n) is 14.2. The molecule has 7 nitrogen and oxygen atoms in total. The molecule has 2 heterocycles. The number of fused-ring (bicyclic) bond motifs is 5. The number of ether oxygens (including phenoxy) is 1. The van der Waals surface area contributed by atoms with E-state index in [0.717, 1.165) is 81.4 Å². The monoisotopic (exact) mass is 550 g/mol. The van der Waals surface area contributed by atoms with E-state index >= 15 is 0 Å². The number of methoxy groups -OCH3 is 1. The van der Waals surface area contributed by atoms with Crippen LogP contribution in [0.2, 0.25) is 0 Å². The SMILES string of the molecule is COc1cc(N2CCN(C(=O)CC[C@@H](C)[C@H]3CC[C@H]4[C@@H]5CC=C6C[C@@H](O)CC[C@]6(C)[C@H]5CC[C@]34C)CC2)ncn1. The predicted molar refractivity (Wildman–Crippen MR) is 157 cm³/mol. The van der Waals surface area contributed by atoms with Gasteiger partial charge >= 0.3 is 0 Å². The van der Waals surface area contributed by atoms with Crippen LogP contribution in [0, 0.1) is 40.4 Å². The molecule has 0 radical (unpaired) electrons. The second kappa shape index (κ2) is 10.9. The molecule has 1 aliphatic heterocycles. The number of aliphatic hydroxyl groups is 1. The lowest BCUT2D eigenvalue weighted by Gasteiger charge is -2.58. The minimum atomic E-state index is -0.129. The molecular formula is C33H50N4O3. The second-order valence-corrected chi connectivity index (χ2v) is 14.2. The van der Waals surface area contributed by atoms with Gasteiger partial charge in [0.05, 0.1) is 13.2 Å². The lowest BCUT2D eigenvalue weighted by Crippen LogP contribution is -2.51. The molecule has 1 aromatic rings. The molecule has 1 aromatic heterocycles. The fourth-order valence-corrected chi connectivity index (χ4v) is 10.1. The Balaban J connectivity index is 1.03. The standard InChI is InChI=1S/C33H50N4O3/c1-22(5-10-31(39)37-17-15-36(16-18-37)29-20-30(40-4)35-21-34-29)26-8-9-27-25-7-6-23-19-24(38)11-13-32(23,2)28(25)12-14-33(26,27)3/h6,20-22,24-28,38H,5,7-19H2,1-4H3/t22-,24+,25+,26-,27+,28+,32+,33-/m1/s1. The number of aromatic nitrogens is 2. The molecule has 0 unspecified atom stereocenters. The quantitative estimate of drug-likeness (QED) is 0.472. The Kier molecular flexibility index (Phi) is 7.64. The van der Waals surface area contributed by atoms with Crippen molar-refractivity contribution in [3.8, 4) is 5.88 Å². The fourth-order valence-electron chi connectivity index (χ4n) is 10.1. The summed E-state index contributed by atoms with van der Waals surface area (Å²) in [7, 11) is 1.62. The van der Waals surface area contributed by atoms with Crippen LogP contribution in [0.15, 0.2) is 24.0 Å². The molecule has 0 aromatic carbocycles. The van der Waals surface area contributed by atoms with Gasteiger partial charge in [-0.2, -0.15) is 0 Å². The number of piperazine rings is 1. The maximum atomic E-state index is 13.2. The van der Waals surface area contributed by atoms with Gasteiger partial charge in [0.25, 0.3) is 0 Å². The van der Waals surface area contributed by atoms with Crippen molar-refractivity contribution < 1.29 is 14.6 Å². The fraction of sp³-hybridized carbons (Fsp3) is 0.788. The lowest BCUT2D eigenvalue weighted by molar-refractivity contribution is -0.132. The normalized spacial score (nSPS) is 38.1. The van der Waals surface area contributed by atoms with Crippen molar-refractivity contribution in [2.45, 2.75) is 91.1 Å². The van der Waals surface area contributed by atoms with E-state index in [0.29, 0.717) is 35.0 Å². The molecule has 7 heteroatoms. The summed E-state index contributed by atoms with van der Waals surface area (Å²) in [5.74, 6) is 5.45. The molecular weight excluding hydrogens is 500 g/mol. The van der Waals surface area contributed by atoms with Crippen molar-refractivity contribution in [3.05, 3.63) is 24.0 Å². The van der Waals surface area contributed by atoms with Gasteiger partial charge in [-0.3, -0.25) is 4.79 Å². The van der Waals surface area contributed by atoms with Crippen molar-refractivity contribution in [3.63, 3.8) is 0 Å². The summed E-state index contributed by atoms with van der Waals surface area (Å²) in [6.45, 7) is 10.6. The van der Waals surface area contributed by atoms with Gasteiger partial charge in [0.2, 0.25) is 11.8 Å². The third kappa shape index (κ3) is 4.84. The van der Waals surface area contributed by atoms with Crippen LogP contribution in [0.5, 0.6) is 5.88 Å². The zero-order valence-electron chi connectivity index (χ0n) is 25.1. The van der Waals surface area contributed by atoms with E-state index in [1.807, 2.05) is 6.07 Å². The maximum absolute atomic E-state index is 13.2. The van der Waals surface area contributed by atoms with Gasteiger partial charge in [0.15, 0.2) is 0 Å². The van der Waals surface area contributed by atoms with Crippen LogP contribution >= 0.6 is 0 Å². The molecule has 40 heavy (non-hydrogen) atoms. The topological polar surface area (TPSA) is 78.8 Å². The summed E-state index contributed by atoms with van der Waals surface area (Å²) in [6, 6.07) is 1.87. The highest BCUT2D eigenvalue weighted by Gasteiger charge is 2.59. The Labute approximate surface area is 240 Å². The van der Waals surface area contributed by atoms with Gasteiger partial charge in [0.1, 0.15) is 12.1 Å². The molecule has 6 rings (SSSR count). The first-order chi connectivity index (χ1) is 19.2. The molecule has 4 aliphatic carbocycles. The maximum Gasteiger partial charge on any atom is 0.222 e. The summed E-state index contributed by atoms with van der Waals surface area (Å²) < 4.78 is 5.24. The van der Waals surface area contributed by atoms with Gasteiger partial charge in [-0.15, -0.1) is 0 Å². The van der Waals surface area contributed by atoms with Crippen molar-refractivity contribution in [2.24, 2.45) is 40.4 Å². The van der Waals surface area contributed by atoms with Crippen LogP contribution in [-0.4, -0.2) is 65.3 Å². The Morgan fingerprint density at radius 3 is 2.67 bits per heavy atom. The van der Waals surface area contributed by atoms with Crippen molar-refractivity contribution in [1.82, 2.24) is 14.9 Å². The number of anilines is 1. The van der Waals surface area contributed by atoms with Gasteiger partial charge in [0, 0.05) is 38.7 Å². The first-order valence-corrected chi connectivity index (χ1v) is 16.0. The van der Waals surface area contributed by atoms with Gasteiger partial charge in [-0.25, -0.2) is 9.97 Å². The number of carbonyl (C=O) groups is 1. The molecule has 220 valence electrons. The summed E-state index contributed by atoms with van der Waals surface area (Å²) in [6.07, 6.45) is 15.2. The van der Waals surface area contributed by atoms with Crippen LogP contribution in [0.3, 0.4) is 0 Å². The van der Waals surface area contributed by atoms with E-state index in [-0.39, 0.29) is 6.10 Å². The smallest absolute Gasteiger partial charge is 0.222 e. The van der Waals surface area contributed by atoms with E-state index in [1.54, 1.807) is 12.7 Å². The number of carbonyl (C=O) groups excluding carboxylic acids is 1. The highest BCUT2D eigenvalue weighted by Crippen LogP contribution is 2.67. The number of aliphatic hydroxyl groups excluding tert-OH is 1. The highest BCUT2D eigenvalue weighted by molar-refractivity contribution is 5.76. The van der Waals surface area contributed by atoms with E-state index in [4.69, 9.17) is 4.74 Å². The predicted octanol–water partition coefficient (Wildman–Crippen LogP) is 5.49. The van der Waals surface area contributed by atoms with Crippen LogP contribution in [0.4, 0.5) is 5.82 Å². The molecule has 0 bridgehead atoms. The number of hydrogen-bond acceptors (Lipinski definition) is 6. The molecule has 8 atom stereocenters. The first kappa shape index (κ1) is 28.0. The molecule has 1 N–H and O–H groups in total. The number of nitrogens with zero attached hydrogens (tertiary/aromatic N) is 4. The Hall–Kier alpha value is -2.15. The Bertz CT molecular complexity index is 1120. The zero-order chi connectivity index (χ0) is 28.1. The minimum absolute atomic E-state index is 0.129. The summed E-state index contributed by atoms with van der Waals surface area (Å²) in [4.78, 5) is 26.0. The zero-order valence-corrected chi connectivity index (χ0v) is 25.1. The third-order valence-corrected chi connectivity index (χ3v) is 12.4.